The van der Waals surface area contributed by atoms with Gasteiger partial charge in [-0.2, -0.15) is 0 Å². The second-order valence-electron chi connectivity index (χ2n) is 6.24. The van der Waals surface area contributed by atoms with Crippen LogP contribution in [0.1, 0.15) is 34.6 Å². The molecule has 1 amide bonds. The lowest BCUT2D eigenvalue weighted by Gasteiger charge is -2.30. The predicted octanol–water partition coefficient (Wildman–Crippen LogP) is 3.51. The molecule has 0 spiro atoms. The van der Waals surface area contributed by atoms with Crippen molar-refractivity contribution in [3.63, 3.8) is 0 Å². The summed E-state index contributed by atoms with van der Waals surface area (Å²) in [6.07, 6.45) is 0.650. The molecule has 0 radical (unpaired) electrons. The molecule has 3 rings (SSSR count). The SMILES string of the molecule is CC1(C)Cc2c(sc(NC(=S)Nc3ccccc3)c2C(N)=O)CO1. The summed E-state index contributed by atoms with van der Waals surface area (Å²) in [4.78, 5) is 13.0. The minimum Gasteiger partial charge on any atom is -0.370 e. The van der Waals surface area contributed by atoms with Crippen molar-refractivity contribution < 1.29 is 9.53 Å². The fourth-order valence-corrected chi connectivity index (χ4v) is 4.11. The topological polar surface area (TPSA) is 76.4 Å². The maximum absolute atomic E-state index is 12.0. The highest BCUT2D eigenvalue weighted by atomic mass is 32.1. The van der Waals surface area contributed by atoms with E-state index >= 15 is 0 Å². The zero-order chi connectivity index (χ0) is 17.3. The van der Waals surface area contributed by atoms with Gasteiger partial charge in [-0.25, -0.2) is 0 Å². The zero-order valence-corrected chi connectivity index (χ0v) is 15.1. The van der Waals surface area contributed by atoms with Crippen LogP contribution in [0.3, 0.4) is 0 Å². The first kappa shape index (κ1) is 16.9. The van der Waals surface area contributed by atoms with Gasteiger partial charge >= 0.3 is 0 Å². The van der Waals surface area contributed by atoms with Crippen LogP contribution >= 0.6 is 23.6 Å². The number of thiocarbonyl (C=S) groups is 1. The number of nitrogens with two attached hydrogens (primary N) is 1. The van der Waals surface area contributed by atoms with Gasteiger partial charge in [-0.3, -0.25) is 4.79 Å². The van der Waals surface area contributed by atoms with E-state index in [4.69, 9.17) is 22.7 Å². The highest BCUT2D eigenvalue weighted by Gasteiger charge is 2.33. The largest absolute Gasteiger partial charge is 0.370 e. The van der Waals surface area contributed by atoms with Crippen LogP contribution in [0.5, 0.6) is 0 Å². The van der Waals surface area contributed by atoms with Crippen molar-refractivity contribution in [2.24, 2.45) is 5.73 Å². The average Bonchev–Trinajstić information content (AvgIpc) is 2.83. The van der Waals surface area contributed by atoms with Gasteiger partial charge in [0, 0.05) is 17.0 Å². The first-order chi connectivity index (χ1) is 11.4. The van der Waals surface area contributed by atoms with E-state index in [9.17, 15) is 4.79 Å². The molecule has 1 aliphatic rings. The monoisotopic (exact) mass is 361 g/mol. The Balaban J connectivity index is 1.85. The van der Waals surface area contributed by atoms with E-state index in [2.05, 4.69) is 10.6 Å². The molecule has 1 aromatic carbocycles. The van der Waals surface area contributed by atoms with Crippen LogP contribution in [0, 0.1) is 0 Å². The maximum Gasteiger partial charge on any atom is 0.251 e. The van der Waals surface area contributed by atoms with Crippen LogP contribution in [-0.4, -0.2) is 16.6 Å². The number of amides is 1. The number of thiophene rings is 1. The van der Waals surface area contributed by atoms with Crippen LogP contribution in [-0.2, 0) is 17.8 Å². The Bertz CT molecular complexity index is 785. The van der Waals surface area contributed by atoms with E-state index in [1.54, 1.807) is 0 Å². The molecule has 1 aromatic heterocycles. The number of benzene rings is 1. The van der Waals surface area contributed by atoms with Gasteiger partial charge in [0.25, 0.3) is 5.91 Å². The molecular weight excluding hydrogens is 342 g/mol. The molecule has 126 valence electrons. The Kier molecular flexibility index (Phi) is 4.58. The third-order valence-corrected chi connectivity index (χ3v) is 5.12. The van der Waals surface area contributed by atoms with E-state index in [-0.39, 0.29) is 5.60 Å². The Morgan fingerprint density at radius 1 is 1.29 bits per heavy atom. The minimum atomic E-state index is -0.449. The molecule has 0 unspecified atom stereocenters. The van der Waals surface area contributed by atoms with Crippen LogP contribution in [0.25, 0.3) is 0 Å². The summed E-state index contributed by atoms with van der Waals surface area (Å²) in [5.74, 6) is -0.449. The average molecular weight is 361 g/mol. The normalized spacial score (nSPS) is 15.4. The van der Waals surface area contributed by atoms with Gasteiger partial charge in [0.15, 0.2) is 5.11 Å². The van der Waals surface area contributed by atoms with E-state index in [1.807, 2.05) is 44.2 Å². The summed E-state index contributed by atoms with van der Waals surface area (Å²) in [6, 6.07) is 9.60. The van der Waals surface area contributed by atoms with Crippen LogP contribution in [0.2, 0.25) is 0 Å². The molecule has 0 bridgehead atoms. The quantitative estimate of drug-likeness (QED) is 0.730. The molecule has 0 aliphatic carbocycles. The van der Waals surface area contributed by atoms with Crippen LogP contribution in [0.15, 0.2) is 30.3 Å². The van der Waals surface area contributed by atoms with Gasteiger partial charge in [-0.15, -0.1) is 11.3 Å². The number of carbonyl (C=O) groups is 1. The van der Waals surface area contributed by atoms with E-state index in [0.29, 0.717) is 28.7 Å². The summed E-state index contributed by atoms with van der Waals surface area (Å²) in [5.41, 5.74) is 7.68. The number of hydrogen-bond donors (Lipinski definition) is 3. The molecule has 1 aliphatic heterocycles. The van der Waals surface area contributed by atoms with Crippen molar-refractivity contribution in [2.75, 3.05) is 10.6 Å². The highest BCUT2D eigenvalue weighted by molar-refractivity contribution is 7.80. The number of rotatable bonds is 3. The third-order valence-electron chi connectivity index (χ3n) is 3.79. The van der Waals surface area contributed by atoms with Crippen LogP contribution < -0.4 is 16.4 Å². The molecule has 24 heavy (non-hydrogen) atoms. The Morgan fingerprint density at radius 3 is 2.67 bits per heavy atom. The van der Waals surface area contributed by atoms with Gasteiger partial charge in [0.2, 0.25) is 0 Å². The summed E-state index contributed by atoms with van der Waals surface area (Å²) < 4.78 is 5.82. The van der Waals surface area contributed by atoms with E-state index in [1.165, 1.54) is 11.3 Å². The Labute approximate surface area is 150 Å². The minimum absolute atomic E-state index is 0.307. The van der Waals surface area contributed by atoms with Gasteiger partial charge < -0.3 is 21.1 Å². The molecule has 5 nitrogen and oxygen atoms in total. The number of para-hydroxylation sites is 1. The van der Waals surface area contributed by atoms with Crippen molar-refractivity contribution in [3.05, 3.63) is 46.3 Å². The van der Waals surface area contributed by atoms with Crippen molar-refractivity contribution >= 4 is 45.3 Å². The third kappa shape index (κ3) is 3.58. The molecule has 7 heteroatoms. The summed E-state index contributed by atoms with van der Waals surface area (Å²) in [6.45, 7) is 4.49. The molecule has 0 saturated carbocycles. The molecule has 0 saturated heterocycles. The first-order valence-electron chi connectivity index (χ1n) is 7.57. The maximum atomic E-state index is 12.0. The molecule has 2 heterocycles. The number of fused-ring (bicyclic) bond motifs is 1. The summed E-state index contributed by atoms with van der Waals surface area (Å²) in [7, 11) is 0. The van der Waals surface area contributed by atoms with Crippen molar-refractivity contribution in [1.82, 2.24) is 0 Å². The van der Waals surface area contributed by atoms with Crippen molar-refractivity contribution in [3.8, 4) is 0 Å². The second kappa shape index (κ2) is 6.51. The molecule has 2 aromatic rings. The zero-order valence-electron chi connectivity index (χ0n) is 13.5. The van der Waals surface area contributed by atoms with Gasteiger partial charge in [-0.1, -0.05) is 18.2 Å². The number of nitrogens with one attached hydrogen (secondary N) is 2. The summed E-state index contributed by atoms with van der Waals surface area (Å²) >= 11 is 6.82. The van der Waals surface area contributed by atoms with Gasteiger partial charge in [-0.05, 0) is 43.8 Å². The van der Waals surface area contributed by atoms with Gasteiger partial charge in [0.1, 0.15) is 5.00 Å². The lowest BCUT2D eigenvalue weighted by Crippen LogP contribution is -2.32. The Hall–Kier alpha value is -1.96. The number of ether oxygens (including phenoxy) is 1. The lowest BCUT2D eigenvalue weighted by atomic mass is 9.93. The van der Waals surface area contributed by atoms with E-state index < -0.39 is 5.91 Å². The molecule has 4 N–H and O–H groups in total. The number of anilines is 2. The second-order valence-corrected chi connectivity index (χ2v) is 7.76. The van der Waals surface area contributed by atoms with Crippen LogP contribution in [0.4, 0.5) is 10.7 Å². The van der Waals surface area contributed by atoms with Gasteiger partial charge in [0.05, 0.1) is 17.8 Å². The lowest BCUT2D eigenvalue weighted by molar-refractivity contribution is -0.0383. The molecule has 0 fully saturated rings. The predicted molar refractivity (Wildman–Crippen MR) is 102 cm³/mol. The molecule has 0 atom stereocenters. The smallest absolute Gasteiger partial charge is 0.251 e. The fourth-order valence-electron chi connectivity index (χ4n) is 2.69. The van der Waals surface area contributed by atoms with E-state index in [0.717, 1.165) is 16.1 Å². The van der Waals surface area contributed by atoms with Crippen molar-refractivity contribution in [2.45, 2.75) is 32.5 Å². The summed E-state index contributed by atoms with van der Waals surface area (Å²) in [5, 5.41) is 7.29. The first-order valence-corrected chi connectivity index (χ1v) is 8.79. The Morgan fingerprint density at radius 2 is 2.00 bits per heavy atom. The number of carbonyl (C=O) groups excluding carboxylic acids is 1. The number of hydrogen-bond acceptors (Lipinski definition) is 4. The molecular formula is C17H19N3O2S2. The highest BCUT2D eigenvalue weighted by Crippen LogP contribution is 2.40. The fraction of sp³-hybridized carbons (Fsp3) is 0.294. The van der Waals surface area contributed by atoms with Crippen molar-refractivity contribution in [1.29, 1.82) is 0 Å². The standard InChI is InChI=1S/C17H19N3O2S2/c1-17(2)8-11-12(9-22-17)24-15(13(11)14(18)21)20-16(23)19-10-6-4-3-5-7-10/h3-7H,8-9H2,1-2H3,(H2,18,21)(H2,19,20,23). The number of primary amides is 1.